The van der Waals surface area contributed by atoms with Crippen molar-refractivity contribution in [3.63, 3.8) is 0 Å². The van der Waals surface area contributed by atoms with Crippen molar-refractivity contribution in [2.24, 2.45) is 0 Å². The normalized spacial score (nSPS) is 12.4. The van der Waals surface area contributed by atoms with Crippen LogP contribution in [-0.2, 0) is 15.6 Å². The predicted molar refractivity (Wildman–Crippen MR) is 112 cm³/mol. The van der Waals surface area contributed by atoms with Crippen LogP contribution in [0.3, 0.4) is 0 Å². The monoisotopic (exact) mass is 447 g/mol. The Hall–Kier alpha value is -2.93. The molecule has 0 aliphatic rings. The smallest absolute Gasteiger partial charge is 0.352 e. The summed E-state index contributed by atoms with van der Waals surface area (Å²) in [5, 5.41) is 21.6. The van der Waals surface area contributed by atoms with Crippen LogP contribution in [0.5, 0.6) is 0 Å². The average molecular weight is 448 g/mol. The van der Waals surface area contributed by atoms with Gasteiger partial charge in [0.1, 0.15) is 11.9 Å². The Morgan fingerprint density at radius 1 is 1.33 bits per heavy atom. The number of hydrogen-bond donors (Lipinski definition) is 1. The Kier molecular flexibility index (Phi) is 6.41. The third-order valence-electron chi connectivity index (χ3n) is 4.36. The number of benzene rings is 1. The van der Waals surface area contributed by atoms with Gasteiger partial charge in [0.25, 0.3) is 0 Å². The molecule has 0 saturated heterocycles. The van der Waals surface area contributed by atoms with Gasteiger partial charge in [-0.05, 0) is 29.5 Å². The lowest BCUT2D eigenvalue weighted by molar-refractivity contribution is -0.391. The summed E-state index contributed by atoms with van der Waals surface area (Å²) >= 11 is 6.10. The molecule has 1 N–H and O–H groups in total. The summed E-state index contributed by atoms with van der Waals surface area (Å²) in [6, 6.07) is 9.16. The number of nitro groups is 1. The van der Waals surface area contributed by atoms with Crippen molar-refractivity contribution in [2.75, 3.05) is 0 Å². The number of imidazole rings is 1. The van der Waals surface area contributed by atoms with Crippen molar-refractivity contribution in [3.8, 4) is 11.8 Å². The van der Waals surface area contributed by atoms with Gasteiger partial charge < -0.3 is 15.2 Å². The van der Waals surface area contributed by atoms with Gasteiger partial charge in [0.15, 0.2) is 15.5 Å². The number of sulfone groups is 1. The van der Waals surface area contributed by atoms with Gasteiger partial charge in [0.2, 0.25) is 5.65 Å². The number of rotatable bonds is 6. The van der Waals surface area contributed by atoms with Crippen LogP contribution in [0.2, 0.25) is 5.02 Å². The van der Waals surface area contributed by atoms with Crippen LogP contribution in [0.25, 0.3) is 5.65 Å². The van der Waals surface area contributed by atoms with Gasteiger partial charge in [0.05, 0.1) is 21.6 Å². The maximum atomic E-state index is 12.7. The fourth-order valence-electron chi connectivity index (χ4n) is 2.83. The summed E-state index contributed by atoms with van der Waals surface area (Å²) < 4.78 is 26.6. The molecular formula is C20H18ClN3O5S. The van der Waals surface area contributed by atoms with Crippen molar-refractivity contribution < 1.29 is 18.4 Å². The molecule has 0 aliphatic heterocycles. The number of hydrogen-bond acceptors (Lipinski definition) is 6. The summed E-state index contributed by atoms with van der Waals surface area (Å²) in [6.45, 7) is 1.82. The van der Waals surface area contributed by atoms with E-state index in [1.807, 2.05) is 6.92 Å². The molecule has 30 heavy (non-hydrogen) atoms. The first-order valence-electron chi connectivity index (χ1n) is 9.02. The molecule has 0 spiro atoms. The Bertz CT molecular complexity index is 1260. The first kappa shape index (κ1) is 21.8. The molecule has 3 rings (SSSR count). The Balaban J connectivity index is 2.13. The first-order chi connectivity index (χ1) is 14.2. The van der Waals surface area contributed by atoms with Crippen LogP contribution in [0.15, 0.2) is 47.5 Å². The molecular weight excluding hydrogens is 430 g/mol. The summed E-state index contributed by atoms with van der Waals surface area (Å²) in [5.74, 6) is 4.49. The maximum Gasteiger partial charge on any atom is 0.352 e. The molecule has 0 amide bonds. The third kappa shape index (κ3) is 4.62. The zero-order valence-corrected chi connectivity index (χ0v) is 17.5. The van der Waals surface area contributed by atoms with E-state index in [0.29, 0.717) is 12.0 Å². The molecule has 0 aliphatic carbocycles. The average Bonchev–Trinajstić information content (AvgIpc) is 3.05. The van der Waals surface area contributed by atoms with Gasteiger partial charge in [0, 0.05) is 6.42 Å². The molecule has 2 aromatic heterocycles. The fourth-order valence-corrected chi connectivity index (χ4v) is 4.33. The van der Waals surface area contributed by atoms with Crippen LogP contribution in [0.4, 0.5) is 5.82 Å². The van der Waals surface area contributed by atoms with Gasteiger partial charge in [-0.1, -0.05) is 48.6 Å². The predicted octanol–water partition coefficient (Wildman–Crippen LogP) is 3.38. The number of nitrogens with zero attached hydrogens (tertiary/aromatic N) is 3. The van der Waals surface area contributed by atoms with Crippen molar-refractivity contribution in [1.82, 2.24) is 9.38 Å². The van der Waals surface area contributed by atoms with E-state index in [-0.39, 0.29) is 27.7 Å². The molecule has 0 fully saturated rings. The Morgan fingerprint density at radius 2 is 2.03 bits per heavy atom. The van der Waals surface area contributed by atoms with Crippen LogP contribution in [0, 0.1) is 22.0 Å². The quantitative estimate of drug-likeness (QED) is 0.352. The highest BCUT2D eigenvalue weighted by Gasteiger charge is 2.29. The minimum absolute atomic E-state index is 0.0444. The van der Waals surface area contributed by atoms with Crippen LogP contribution in [-0.4, -0.2) is 33.9 Å². The van der Waals surface area contributed by atoms with Crippen LogP contribution < -0.4 is 0 Å². The van der Waals surface area contributed by atoms with Gasteiger partial charge in [-0.25, -0.2) is 13.4 Å². The second-order valence-corrected chi connectivity index (χ2v) is 8.97. The molecule has 0 bridgehead atoms. The summed E-state index contributed by atoms with van der Waals surface area (Å²) in [6.07, 6.45) is 1.46. The highest BCUT2D eigenvalue weighted by atomic mass is 35.5. The van der Waals surface area contributed by atoms with Gasteiger partial charge >= 0.3 is 5.82 Å². The van der Waals surface area contributed by atoms with E-state index in [2.05, 4.69) is 16.8 Å². The van der Waals surface area contributed by atoms with Crippen LogP contribution >= 0.6 is 11.6 Å². The lowest BCUT2D eigenvalue weighted by atomic mass is 10.2. The van der Waals surface area contributed by atoms with E-state index in [9.17, 15) is 23.6 Å². The molecule has 3 aromatic rings. The highest BCUT2D eigenvalue weighted by molar-refractivity contribution is 7.90. The topological polar surface area (TPSA) is 115 Å². The molecule has 1 atom stereocenters. The van der Waals surface area contributed by atoms with Gasteiger partial charge in [-0.2, -0.15) is 4.40 Å². The van der Waals surface area contributed by atoms with Crippen molar-refractivity contribution in [2.45, 2.75) is 36.5 Å². The van der Waals surface area contributed by atoms with E-state index in [4.69, 9.17) is 11.6 Å². The minimum atomic E-state index is -3.85. The van der Waals surface area contributed by atoms with Gasteiger partial charge in [-0.3, -0.25) is 0 Å². The largest absolute Gasteiger partial charge is 0.392 e. The number of aromatic nitrogens is 2. The van der Waals surface area contributed by atoms with E-state index >= 15 is 0 Å². The van der Waals surface area contributed by atoms with Crippen LogP contribution in [0.1, 0.15) is 31.0 Å². The summed E-state index contributed by atoms with van der Waals surface area (Å²) in [4.78, 5) is 15.3. The maximum absolute atomic E-state index is 12.7. The molecule has 2 heterocycles. The van der Waals surface area contributed by atoms with Crippen molar-refractivity contribution >= 4 is 32.9 Å². The second kappa shape index (κ2) is 8.83. The standard InChI is InChI=1S/C20H18ClN3O5S/c1-2-16(25)8-6-7-14-11-15(21)12-23-19(14)22-18(20(23)24(26)27)13-30(28,29)17-9-4-3-5-10-17/h3-5,9-12,16,25H,2,8,13H2,1H3. The van der Waals surface area contributed by atoms with E-state index in [1.54, 1.807) is 18.2 Å². The van der Waals surface area contributed by atoms with E-state index < -0.39 is 32.4 Å². The third-order valence-corrected chi connectivity index (χ3v) is 6.22. The molecule has 1 unspecified atom stereocenters. The fraction of sp³-hybridized carbons (Fsp3) is 0.250. The zero-order chi connectivity index (χ0) is 21.9. The summed E-state index contributed by atoms with van der Waals surface area (Å²) in [5.41, 5.74) is 0.225. The van der Waals surface area contributed by atoms with Crippen molar-refractivity contribution in [1.29, 1.82) is 0 Å². The molecule has 1 aromatic carbocycles. The van der Waals surface area contributed by atoms with Gasteiger partial charge in [-0.15, -0.1) is 0 Å². The Morgan fingerprint density at radius 3 is 2.67 bits per heavy atom. The lowest BCUT2D eigenvalue weighted by Crippen LogP contribution is -2.07. The number of aliphatic hydroxyl groups is 1. The Labute approximate surface area is 178 Å². The number of halogens is 1. The number of fused-ring (bicyclic) bond motifs is 1. The lowest BCUT2D eigenvalue weighted by Gasteiger charge is -2.02. The molecule has 0 radical (unpaired) electrons. The molecule has 8 nitrogen and oxygen atoms in total. The highest BCUT2D eigenvalue weighted by Crippen LogP contribution is 2.28. The first-order valence-corrected chi connectivity index (χ1v) is 11.1. The second-order valence-electron chi connectivity index (χ2n) is 6.54. The molecule has 10 heteroatoms. The van der Waals surface area contributed by atoms with E-state index in [0.717, 1.165) is 4.40 Å². The summed E-state index contributed by atoms with van der Waals surface area (Å²) in [7, 11) is -3.85. The molecule has 0 saturated carbocycles. The SMILES string of the molecule is CCC(O)CC#Cc1cc(Cl)cn2c([N+](=O)[O-])c(CS(=O)(=O)c3ccccc3)nc12. The minimum Gasteiger partial charge on any atom is -0.392 e. The van der Waals surface area contributed by atoms with Crippen molar-refractivity contribution in [3.05, 3.63) is 69.0 Å². The van der Waals surface area contributed by atoms with E-state index in [1.165, 1.54) is 24.4 Å². The zero-order valence-electron chi connectivity index (χ0n) is 15.9. The number of aliphatic hydroxyl groups excluding tert-OH is 1. The molecule has 156 valence electrons. The number of pyridine rings is 1.